The largest absolute Gasteiger partial charge is 0.496 e. The Morgan fingerprint density at radius 2 is 2.06 bits per heavy atom. The third kappa shape index (κ3) is 4.61. The van der Waals surface area contributed by atoms with E-state index in [2.05, 4.69) is 36.3 Å². The van der Waals surface area contributed by atoms with Crippen LogP contribution in [0.5, 0.6) is 5.75 Å². The van der Waals surface area contributed by atoms with Crippen LogP contribution in [0, 0.1) is 11.7 Å². The molecule has 1 aliphatic carbocycles. The first-order chi connectivity index (χ1) is 16.2. The normalized spacial score (nSPS) is 20.2. The van der Waals surface area contributed by atoms with Crippen LogP contribution in [0.1, 0.15) is 29.9 Å². The third-order valence-electron chi connectivity index (χ3n) is 6.39. The predicted octanol–water partition coefficient (Wildman–Crippen LogP) is 2.96. The highest BCUT2D eigenvalue weighted by atomic mass is 19.1. The van der Waals surface area contributed by atoms with Crippen molar-refractivity contribution < 1.29 is 9.13 Å². The molecule has 9 nitrogen and oxygen atoms in total. The van der Waals surface area contributed by atoms with Crippen molar-refractivity contribution in [3.63, 3.8) is 0 Å². The molecule has 0 aliphatic heterocycles. The lowest BCUT2D eigenvalue weighted by Gasteiger charge is -2.27. The molecule has 0 amide bonds. The summed E-state index contributed by atoms with van der Waals surface area (Å²) >= 11 is 0. The molecular formula is C23H25FN8O. The van der Waals surface area contributed by atoms with Crippen LogP contribution >= 0.6 is 0 Å². The van der Waals surface area contributed by atoms with Crippen molar-refractivity contribution in [2.45, 2.75) is 37.9 Å². The van der Waals surface area contributed by atoms with Gasteiger partial charge in [0.2, 0.25) is 0 Å². The van der Waals surface area contributed by atoms with E-state index in [0.29, 0.717) is 18.3 Å². The number of methoxy groups -OCH3 is 1. The summed E-state index contributed by atoms with van der Waals surface area (Å²) in [5.74, 6) is 1.77. The number of benzene rings is 2. The van der Waals surface area contributed by atoms with Gasteiger partial charge in [-0.3, -0.25) is 4.68 Å². The van der Waals surface area contributed by atoms with Crippen molar-refractivity contribution in [3.05, 3.63) is 71.8 Å². The predicted molar refractivity (Wildman–Crippen MR) is 119 cm³/mol. The summed E-state index contributed by atoms with van der Waals surface area (Å²) in [6.45, 7) is 1.40. The summed E-state index contributed by atoms with van der Waals surface area (Å²) in [7, 11) is 1.67. The summed E-state index contributed by atoms with van der Waals surface area (Å²) in [5.41, 5.74) is 3.04. The number of hydrogen-bond donors (Lipinski definition) is 2. The molecule has 170 valence electrons. The molecule has 1 saturated carbocycles. The van der Waals surface area contributed by atoms with Gasteiger partial charge in [0.25, 0.3) is 0 Å². The maximum Gasteiger partial charge on any atom is 0.179 e. The number of nitrogens with zero attached hydrogens (tertiary/aromatic N) is 6. The van der Waals surface area contributed by atoms with Crippen molar-refractivity contribution in [2.75, 3.05) is 7.11 Å². The Hall–Kier alpha value is -3.66. The van der Waals surface area contributed by atoms with Crippen LogP contribution in [0.2, 0.25) is 0 Å². The smallest absolute Gasteiger partial charge is 0.179 e. The quantitative estimate of drug-likeness (QED) is 0.427. The second kappa shape index (κ2) is 9.45. The second-order valence-electron chi connectivity index (χ2n) is 8.30. The molecular weight excluding hydrogens is 423 g/mol. The standard InChI is InChI=1S/C23H25FN8O/c1-33-21-9-5-16(23-27-29-30-28-23)12-18(21)13-25-20-8-4-17(14-32-11-10-26-31-32)22(20)15-2-6-19(24)7-3-15/h2-3,5-7,9-12,17,20,22,25H,4,8,13-14H2,1H3,(H,27,28,29,30). The van der Waals surface area contributed by atoms with Crippen molar-refractivity contribution in [2.24, 2.45) is 5.92 Å². The average molecular weight is 449 g/mol. The molecule has 0 bridgehead atoms. The number of ether oxygens (including phenoxy) is 1. The molecule has 5 rings (SSSR count). The molecule has 2 aromatic heterocycles. The van der Waals surface area contributed by atoms with Gasteiger partial charge in [0.1, 0.15) is 11.6 Å². The minimum Gasteiger partial charge on any atom is -0.496 e. The SMILES string of the molecule is COc1ccc(-c2nnn[nH]2)cc1CNC1CCC(Cn2ccnn2)C1c1ccc(F)cc1. The second-order valence-corrected chi connectivity index (χ2v) is 8.30. The van der Waals surface area contributed by atoms with E-state index >= 15 is 0 Å². The van der Waals surface area contributed by atoms with Crippen LogP contribution in [-0.4, -0.2) is 48.8 Å². The van der Waals surface area contributed by atoms with Gasteiger partial charge < -0.3 is 10.1 Å². The van der Waals surface area contributed by atoms with Crippen LogP contribution in [0.15, 0.2) is 54.9 Å². The van der Waals surface area contributed by atoms with Gasteiger partial charge >= 0.3 is 0 Å². The number of hydrogen-bond acceptors (Lipinski definition) is 7. The first kappa shape index (κ1) is 21.2. The fourth-order valence-corrected chi connectivity index (χ4v) is 4.86. The zero-order chi connectivity index (χ0) is 22.6. The number of rotatable bonds is 8. The lowest BCUT2D eigenvalue weighted by Crippen LogP contribution is -2.33. The van der Waals surface area contributed by atoms with Crippen LogP contribution in [0.4, 0.5) is 4.39 Å². The third-order valence-corrected chi connectivity index (χ3v) is 6.39. The Kier molecular flexibility index (Phi) is 6.07. The van der Waals surface area contributed by atoms with Crippen LogP contribution in [-0.2, 0) is 13.1 Å². The summed E-state index contributed by atoms with van der Waals surface area (Å²) in [5, 5.41) is 25.9. The lowest BCUT2D eigenvalue weighted by atomic mass is 9.86. The highest BCUT2D eigenvalue weighted by Crippen LogP contribution is 2.41. The minimum absolute atomic E-state index is 0.224. The summed E-state index contributed by atoms with van der Waals surface area (Å²) < 4.78 is 21.1. The van der Waals surface area contributed by atoms with Crippen molar-refractivity contribution >= 4 is 0 Å². The fraction of sp³-hybridized carbons (Fsp3) is 0.348. The van der Waals surface area contributed by atoms with E-state index in [9.17, 15) is 4.39 Å². The molecule has 2 N–H and O–H groups in total. The molecule has 4 aromatic rings. The molecule has 1 aliphatic rings. The Morgan fingerprint density at radius 3 is 2.79 bits per heavy atom. The number of aromatic nitrogens is 7. The topological polar surface area (TPSA) is 106 Å². The number of nitrogens with one attached hydrogen (secondary N) is 2. The van der Waals surface area contributed by atoms with Crippen LogP contribution in [0.25, 0.3) is 11.4 Å². The van der Waals surface area contributed by atoms with Crippen LogP contribution in [0.3, 0.4) is 0 Å². The molecule has 3 unspecified atom stereocenters. The highest BCUT2D eigenvalue weighted by molar-refractivity contribution is 5.58. The molecule has 1 fully saturated rings. The molecule has 10 heteroatoms. The van der Waals surface area contributed by atoms with Gasteiger partial charge in [0.05, 0.1) is 13.3 Å². The zero-order valence-corrected chi connectivity index (χ0v) is 18.2. The molecule has 33 heavy (non-hydrogen) atoms. The van der Waals surface area contributed by atoms with Gasteiger partial charge in [-0.2, -0.15) is 0 Å². The first-order valence-electron chi connectivity index (χ1n) is 10.9. The van der Waals surface area contributed by atoms with Crippen molar-refractivity contribution in [3.8, 4) is 17.1 Å². The Balaban J connectivity index is 1.37. The zero-order valence-electron chi connectivity index (χ0n) is 18.2. The monoisotopic (exact) mass is 448 g/mol. The van der Waals surface area contributed by atoms with E-state index in [4.69, 9.17) is 4.74 Å². The molecule has 0 spiro atoms. The van der Waals surface area contributed by atoms with Crippen molar-refractivity contribution in [1.82, 2.24) is 40.9 Å². The number of tetrazole rings is 1. The van der Waals surface area contributed by atoms with Crippen molar-refractivity contribution in [1.29, 1.82) is 0 Å². The van der Waals surface area contributed by atoms with E-state index in [1.165, 1.54) is 12.1 Å². The highest BCUT2D eigenvalue weighted by Gasteiger charge is 2.37. The number of halogens is 1. The number of aromatic amines is 1. The van der Waals surface area contributed by atoms with Gasteiger partial charge in [0.15, 0.2) is 5.82 Å². The maximum absolute atomic E-state index is 13.6. The Bertz CT molecular complexity index is 1160. The molecule has 0 radical (unpaired) electrons. The molecule has 2 aromatic carbocycles. The fourth-order valence-electron chi connectivity index (χ4n) is 4.86. The van der Waals surface area contributed by atoms with Gasteiger partial charge in [-0.1, -0.05) is 17.3 Å². The molecule has 3 atom stereocenters. The van der Waals surface area contributed by atoms with E-state index in [0.717, 1.165) is 41.8 Å². The number of H-pyrrole nitrogens is 1. The summed E-state index contributed by atoms with van der Waals surface area (Å²) in [6.07, 6.45) is 5.63. The molecule has 0 saturated heterocycles. The Morgan fingerprint density at radius 1 is 1.18 bits per heavy atom. The average Bonchev–Trinajstić information content (AvgIpc) is 3.61. The van der Waals surface area contributed by atoms with E-state index in [1.807, 2.05) is 41.2 Å². The van der Waals surface area contributed by atoms with Crippen LogP contribution < -0.4 is 10.1 Å². The minimum atomic E-state index is -0.225. The lowest BCUT2D eigenvalue weighted by molar-refractivity contribution is 0.355. The summed E-state index contributed by atoms with van der Waals surface area (Å²) in [6, 6.07) is 13.0. The molecule has 2 heterocycles. The first-order valence-corrected chi connectivity index (χ1v) is 10.9. The maximum atomic E-state index is 13.6. The van der Waals surface area contributed by atoms with E-state index in [1.54, 1.807) is 13.3 Å². The van der Waals surface area contributed by atoms with Gasteiger partial charge in [-0.25, -0.2) is 9.49 Å². The van der Waals surface area contributed by atoms with Gasteiger partial charge in [-0.05, 0) is 65.1 Å². The van der Waals surface area contributed by atoms with Gasteiger partial charge in [0, 0.05) is 42.4 Å². The van der Waals surface area contributed by atoms with Gasteiger partial charge in [-0.15, -0.1) is 10.2 Å². The van der Waals surface area contributed by atoms with E-state index < -0.39 is 0 Å². The Labute approximate surface area is 190 Å². The van der Waals surface area contributed by atoms with E-state index in [-0.39, 0.29) is 17.8 Å². The summed E-state index contributed by atoms with van der Waals surface area (Å²) in [4.78, 5) is 0.